The maximum atomic E-state index is 5.34. The van der Waals surface area contributed by atoms with Gasteiger partial charge in [0.05, 0.1) is 7.11 Å². The molecule has 0 unspecified atom stereocenters. The fraction of sp³-hybridized carbons (Fsp3) is 0.316. The van der Waals surface area contributed by atoms with E-state index in [0.29, 0.717) is 0 Å². The molecule has 0 aliphatic carbocycles. The molecule has 1 heterocycles. The number of anilines is 1. The Balaban J connectivity index is 2.15. The molecule has 0 aliphatic rings. The summed E-state index contributed by atoms with van der Waals surface area (Å²) < 4.78 is 5.34. The zero-order valence-electron chi connectivity index (χ0n) is 14.2. The summed E-state index contributed by atoms with van der Waals surface area (Å²) >= 11 is 0. The molecule has 4 nitrogen and oxygen atoms in total. The summed E-state index contributed by atoms with van der Waals surface area (Å²) in [5.41, 5.74) is 1.19. The van der Waals surface area contributed by atoms with Gasteiger partial charge in [-0.1, -0.05) is 12.1 Å². The number of ether oxygens (including phenoxy) is 1. The van der Waals surface area contributed by atoms with Gasteiger partial charge in [0.1, 0.15) is 11.6 Å². The first-order chi connectivity index (χ1) is 11.1. The van der Waals surface area contributed by atoms with Gasteiger partial charge in [-0.05, 0) is 60.9 Å². The van der Waals surface area contributed by atoms with Gasteiger partial charge in [0.25, 0.3) is 0 Å². The third-order valence-electron chi connectivity index (χ3n) is 4.13. The number of nitrogens with zero attached hydrogens (tertiary/aromatic N) is 2. The highest BCUT2D eigenvalue weighted by Crippen LogP contribution is 2.33. The van der Waals surface area contributed by atoms with Gasteiger partial charge in [-0.3, -0.25) is 0 Å². The molecule has 0 atom stereocenters. The molecule has 23 heavy (non-hydrogen) atoms. The summed E-state index contributed by atoms with van der Waals surface area (Å²) in [6.45, 7) is 3.94. The van der Waals surface area contributed by atoms with Crippen LogP contribution in [0.15, 0.2) is 36.5 Å². The molecule has 0 saturated heterocycles. The minimum absolute atomic E-state index is 0.866. The zero-order chi connectivity index (χ0) is 16.4. The molecule has 0 radical (unpaired) electrons. The van der Waals surface area contributed by atoms with E-state index in [-0.39, 0.29) is 0 Å². The monoisotopic (exact) mass is 309 g/mol. The minimum Gasteiger partial charge on any atom is -0.497 e. The number of hydrogen-bond acceptors (Lipinski definition) is 4. The van der Waals surface area contributed by atoms with Gasteiger partial charge in [0.15, 0.2) is 0 Å². The predicted molar refractivity (Wildman–Crippen MR) is 97.6 cm³/mol. The van der Waals surface area contributed by atoms with Gasteiger partial charge in [-0.15, -0.1) is 0 Å². The molecule has 4 heteroatoms. The van der Waals surface area contributed by atoms with E-state index in [1.807, 2.05) is 12.3 Å². The maximum Gasteiger partial charge on any atom is 0.134 e. The molecular formula is C19H23N3O. The van der Waals surface area contributed by atoms with Crippen LogP contribution in [0.4, 0.5) is 5.82 Å². The van der Waals surface area contributed by atoms with Gasteiger partial charge in [-0.25, -0.2) is 4.98 Å². The van der Waals surface area contributed by atoms with Crippen molar-refractivity contribution in [2.45, 2.75) is 6.92 Å². The highest BCUT2D eigenvalue weighted by Gasteiger charge is 2.10. The summed E-state index contributed by atoms with van der Waals surface area (Å²) in [4.78, 5) is 6.79. The molecule has 2 aromatic carbocycles. The van der Waals surface area contributed by atoms with Crippen LogP contribution in [-0.2, 0) is 0 Å². The molecule has 3 rings (SSSR count). The Morgan fingerprint density at radius 1 is 1.13 bits per heavy atom. The number of fused-ring (bicyclic) bond motifs is 3. The van der Waals surface area contributed by atoms with Crippen molar-refractivity contribution in [3.63, 3.8) is 0 Å². The molecular weight excluding hydrogens is 286 g/mol. The van der Waals surface area contributed by atoms with Gasteiger partial charge in [0, 0.05) is 24.7 Å². The second-order valence-corrected chi connectivity index (χ2v) is 6.10. The summed E-state index contributed by atoms with van der Waals surface area (Å²) in [6.07, 6.45) is 1.94. The van der Waals surface area contributed by atoms with Crippen molar-refractivity contribution in [3.8, 4) is 5.75 Å². The van der Waals surface area contributed by atoms with Crippen LogP contribution in [0.3, 0.4) is 0 Å². The van der Waals surface area contributed by atoms with Crippen molar-refractivity contribution in [1.82, 2.24) is 9.88 Å². The van der Waals surface area contributed by atoms with Crippen molar-refractivity contribution in [2.75, 3.05) is 39.6 Å². The third kappa shape index (κ3) is 3.08. The smallest absolute Gasteiger partial charge is 0.134 e. The highest BCUT2D eigenvalue weighted by molar-refractivity contribution is 6.13. The van der Waals surface area contributed by atoms with Crippen LogP contribution in [-0.4, -0.2) is 44.2 Å². The Labute approximate surface area is 137 Å². The average molecular weight is 309 g/mol. The first kappa shape index (κ1) is 15.6. The average Bonchev–Trinajstić information content (AvgIpc) is 2.55. The predicted octanol–water partition coefficient (Wildman–Crippen LogP) is 3.68. The van der Waals surface area contributed by atoms with Gasteiger partial charge in [0.2, 0.25) is 0 Å². The molecule has 3 aromatic rings. The number of pyridine rings is 1. The molecule has 0 aliphatic heterocycles. The number of methoxy groups -OCH3 is 1. The number of likely N-dealkylation sites (N-methyl/N-ethyl adjacent to an activating group) is 1. The summed E-state index contributed by atoms with van der Waals surface area (Å²) in [7, 11) is 5.84. The van der Waals surface area contributed by atoms with E-state index in [0.717, 1.165) is 24.7 Å². The lowest BCUT2D eigenvalue weighted by atomic mass is 10.00. The molecule has 120 valence electrons. The van der Waals surface area contributed by atoms with Crippen molar-refractivity contribution in [1.29, 1.82) is 0 Å². The number of rotatable bonds is 5. The van der Waals surface area contributed by atoms with Crippen molar-refractivity contribution in [2.24, 2.45) is 0 Å². The SMILES string of the molecule is COc1ccc2c(ccc3c(C)cnc(NCCN(C)C)c32)c1. The number of benzene rings is 2. The Hall–Kier alpha value is -2.33. The van der Waals surface area contributed by atoms with E-state index in [1.54, 1.807) is 7.11 Å². The van der Waals surface area contributed by atoms with Crippen molar-refractivity contribution >= 4 is 27.4 Å². The lowest BCUT2D eigenvalue weighted by Gasteiger charge is -2.15. The summed E-state index contributed by atoms with van der Waals surface area (Å²) in [5, 5.41) is 8.28. The van der Waals surface area contributed by atoms with Crippen LogP contribution in [0, 0.1) is 6.92 Å². The molecule has 0 amide bonds. The molecule has 1 aromatic heterocycles. The maximum absolute atomic E-state index is 5.34. The molecule has 0 saturated carbocycles. The lowest BCUT2D eigenvalue weighted by molar-refractivity contribution is 0.415. The Morgan fingerprint density at radius 3 is 2.65 bits per heavy atom. The number of aryl methyl sites for hydroxylation is 1. The van der Waals surface area contributed by atoms with Crippen LogP contribution < -0.4 is 10.1 Å². The third-order valence-corrected chi connectivity index (χ3v) is 4.13. The zero-order valence-corrected chi connectivity index (χ0v) is 14.2. The minimum atomic E-state index is 0.866. The first-order valence-electron chi connectivity index (χ1n) is 7.85. The summed E-state index contributed by atoms with van der Waals surface area (Å²) in [5.74, 6) is 1.82. The Bertz CT molecular complexity index is 843. The van der Waals surface area contributed by atoms with Gasteiger partial charge in [-0.2, -0.15) is 0 Å². The van der Waals surface area contributed by atoms with E-state index in [2.05, 4.69) is 60.5 Å². The van der Waals surface area contributed by atoms with Crippen LogP contribution in [0.2, 0.25) is 0 Å². The normalized spacial score (nSPS) is 11.3. The van der Waals surface area contributed by atoms with E-state index in [9.17, 15) is 0 Å². The van der Waals surface area contributed by atoms with Crippen LogP contribution in [0.1, 0.15) is 5.56 Å². The van der Waals surface area contributed by atoms with Crippen LogP contribution >= 0.6 is 0 Å². The largest absolute Gasteiger partial charge is 0.497 e. The van der Waals surface area contributed by atoms with E-state index < -0.39 is 0 Å². The molecule has 0 bridgehead atoms. The second kappa shape index (κ2) is 6.42. The number of hydrogen-bond donors (Lipinski definition) is 1. The van der Waals surface area contributed by atoms with E-state index >= 15 is 0 Å². The standard InChI is InChI=1S/C19H23N3O/c1-13-12-21-19(20-9-10-22(2)3)18-16(13)7-5-14-11-15(23-4)6-8-17(14)18/h5-8,11-12H,9-10H2,1-4H3,(H,20,21). The Kier molecular flexibility index (Phi) is 4.35. The fourth-order valence-corrected chi connectivity index (χ4v) is 2.85. The first-order valence-corrected chi connectivity index (χ1v) is 7.85. The van der Waals surface area contributed by atoms with E-state index in [4.69, 9.17) is 4.74 Å². The molecule has 0 spiro atoms. The number of aromatic nitrogens is 1. The number of nitrogens with one attached hydrogen (secondary N) is 1. The molecule has 0 fully saturated rings. The fourth-order valence-electron chi connectivity index (χ4n) is 2.85. The Morgan fingerprint density at radius 2 is 1.91 bits per heavy atom. The van der Waals surface area contributed by atoms with Gasteiger partial charge < -0.3 is 15.0 Å². The molecule has 1 N–H and O–H groups in total. The highest BCUT2D eigenvalue weighted by atomic mass is 16.5. The van der Waals surface area contributed by atoms with Crippen LogP contribution in [0.25, 0.3) is 21.5 Å². The topological polar surface area (TPSA) is 37.4 Å². The van der Waals surface area contributed by atoms with E-state index in [1.165, 1.54) is 27.1 Å². The lowest BCUT2D eigenvalue weighted by Crippen LogP contribution is -2.21. The van der Waals surface area contributed by atoms with Gasteiger partial charge >= 0.3 is 0 Å². The quantitative estimate of drug-likeness (QED) is 0.730. The van der Waals surface area contributed by atoms with Crippen molar-refractivity contribution in [3.05, 3.63) is 42.1 Å². The van der Waals surface area contributed by atoms with Crippen molar-refractivity contribution < 1.29 is 4.74 Å². The second-order valence-electron chi connectivity index (χ2n) is 6.10. The van der Waals surface area contributed by atoms with Crippen LogP contribution in [0.5, 0.6) is 5.75 Å². The summed E-state index contributed by atoms with van der Waals surface area (Å²) in [6, 6.07) is 10.5.